The van der Waals surface area contributed by atoms with Crippen molar-refractivity contribution in [2.24, 2.45) is 0 Å². The molecule has 1 amide bonds. The highest BCUT2D eigenvalue weighted by molar-refractivity contribution is 5.91. The van der Waals surface area contributed by atoms with Crippen molar-refractivity contribution in [1.29, 1.82) is 5.26 Å². The van der Waals surface area contributed by atoms with Crippen LogP contribution in [0.2, 0.25) is 0 Å². The summed E-state index contributed by atoms with van der Waals surface area (Å²) in [5, 5.41) is 15.0. The van der Waals surface area contributed by atoms with Crippen molar-refractivity contribution in [2.45, 2.75) is 32.6 Å². The summed E-state index contributed by atoms with van der Waals surface area (Å²) >= 11 is 0. The molecule has 0 aliphatic rings. The van der Waals surface area contributed by atoms with Crippen molar-refractivity contribution in [2.75, 3.05) is 5.32 Å². The van der Waals surface area contributed by atoms with E-state index in [1.165, 1.54) is 0 Å². The van der Waals surface area contributed by atoms with Gasteiger partial charge in [0.25, 0.3) is 0 Å². The summed E-state index contributed by atoms with van der Waals surface area (Å²) in [6.07, 6.45) is 0.422. The van der Waals surface area contributed by atoms with Gasteiger partial charge in [0.15, 0.2) is 5.82 Å². The van der Waals surface area contributed by atoms with E-state index in [2.05, 4.69) is 15.5 Å². The predicted molar refractivity (Wildman–Crippen MR) is 76.5 cm³/mol. The molecule has 0 saturated heterocycles. The van der Waals surface area contributed by atoms with E-state index in [4.69, 9.17) is 9.78 Å². The second-order valence-electron chi connectivity index (χ2n) is 4.96. The summed E-state index contributed by atoms with van der Waals surface area (Å²) in [5.41, 5.74) is 1.68. The molecule has 0 bridgehead atoms. The summed E-state index contributed by atoms with van der Waals surface area (Å²) in [6.45, 7) is 3.99. The van der Waals surface area contributed by atoms with E-state index in [1.807, 2.05) is 26.0 Å². The van der Waals surface area contributed by atoms with Crippen molar-refractivity contribution < 1.29 is 9.32 Å². The van der Waals surface area contributed by atoms with Gasteiger partial charge in [-0.3, -0.25) is 4.79 Å². The van der Waals surface area contributed by atoms with Crippen LogP contribution in [0, 0.1) is 11.3 Å². The first-order chi connectivity index (χ1) is 10.1. The van der Waals surface area contributed by atoms with Crippen molar-refractivity contribution >= 4 is 11.6 Å². The molecule has 0 aliphatic carbocycles. The Morgan fingerprint density at radius 2 is 2.10 bits per heavy atom. The Bertz CT molecular complexity index is 653. The third kappa shape index (κ3) is 4.14. The van der Waals surface area contributed by atoms with Crippen LogP contribution >= 0.6 is 0 Å². The first-order valence-corrected chi connectivity index (χ1v) is 6.66. The molecular formula is C15H16N4O2. The van der Waals surface area contributed by atoms with E-state index in [9.17, 15) is 4.79 Å². The monoisotopic (exact) mass is 284 g/mol. The van der Waals surface area contributed by atoms with Crippen LogP contribution in [-0.2, 0) is 11.2 Å². The van der Waals surface area contributed by atoms with E-state index in [0.717, 1.165) is 5.56 Å². The number of carbonyl (C=O) groups excluding carboxylic acids is 1. The number of hydrogen-bond donors (Lipinski definition) is 1. The number of nitrogens with zero attached hydrogens (tertiary/aromatic N) is 3. The summed E-state index contributed by atoms with van der Waals surface area (Å²) < 4.78 is 5.15. The summed E-state index contributed by atoms with van der Waals surface area (Å²) in [4.78, 5) is 15.6. The van der Waals surface area contributed by atoms with Crippen molar-refractivity contribution in [3.63, 3.8) is 0 Å². The summed E-state index contributed by atoms with van der Waals surface area (Å²) in [5.74, 6) is 1.17. The van der Waals surface area contributed by atoms with Crippen LogP contribution in [0.4, 0.5) is 5.69 Å². The Kier molecular flexibility index (Phi) is 4.67. The molecule has 1 N–H and O–H groups in total. The molecule has 108 valence electrons. The molecule has 0 unspecified atom stereocenters. The fraction of sp³-hybridized carbons (Fsp3) is 0.333. The maximum atomic E-state index is 11.3. The number of nitriles is 1. The molecule has 0 atom stereocenters. The van der Waals surface area contributed by atoms with Crippen molar-refractivity contribution in [3.05, 3.63) is 41.5 Å². The molecule has 0 radical (unpaired) electrons. The molecule has 6 nitrogen and oxygen atoms in total. The lowest BCUT2D eigenvalue weighted by molar-refractivity contribution is -0.115. The van der Waals surface area contributed by atoms with Crippen LogP contribution in [0.25, 0.3) is 0 Å². The Morgan fingerprint density at radius 3 is 2.67 bits per heavy atom. The Labute approximate surface area is 122 Å². The van der Waals surface area contributed by atoms with Gasteiger partial charge in [-0.2, -0.15) is 10.2 Å². The van der Waals surface area contributed by atoms with Gasteiger partial charge >= 0.3 is 0 Å². The smallest absolute Gasteiger partial charge is 0.238 e. The van der Waals surface area contributed by atoms with Gasteiger partial charge in [-0.05, 0) is 17.7 Å². The molecule has 1 aromatic carbocycles. The number of aromatic nitrogens is 2. The minimum atomic E-state index is -0.315. The predicted octanol–water partition coefficient (Wildman–Crippen LogP) is 2.64. The topological polar surface area (TPSA) is 91.8 Å². The molecule has 0 fully saturated rings. The van der Waals surface area contributed by atoms with Crippen LogP contribution in [0.15, 0.2) is 28.8 Å². The number of anilines is 1. The van der Waals surface area contributed by atoms with Crippen molar-refractivity contribution in [1.82, 2.24) is 10.1 Å². The second kappa shape index (κ2) is 6.66. The summed E-state index contributed by atoms with van der Waals surface area (Å²) in [7, 11) is 0. The molecule has 0 spiro atoms. The van der Waals surface area contributed by atoms with Gasteiger partial charge in [0.2, 0.25) is 11.8 Å². The minimum Gasteiger partial charge on any atom is -0.339 e. The van der Waals surface area contributed by atoms with Gasteiger partial charge in [0.1, 0.15) is 6.42 Å². The van der Waals surface area contributed by atoms with E-state index >= 15 is 0 Å². The Hall–Kier alpha value is -2.68. The molecule has 1 aromatic heterocycles. The molecule has 0 aliphatic heterocycles. The van der Waals surface area contributed by atoms with Crippen LogP contribution in [0.5, 0.6) is 0 Å². The normalized spacial score (nSPS) is 10.4. The number of carbonyl (C=O) groups is 1. The van der Waals surface area contributed by atoms with E-state index < -0.39 is 0 Å². The van der Waals surface area contributed by atoms with Gasteiger partial charge in [0, 0.05) is 18.0 Å². The van der Waals surface area contributed by atoms with Crippen LogP contribution < -0.4 is 5.32 Å². The van der Waals surface area contributed by atoms with Crippen LogP contribution in [-0.4, -0.2) is 16.0 Å². The fourth-order valence-corrected chi connectivity index (χ4v) is 1.74. The van der Waals surface area contributed by atoms with Gasteiger partial charge in [-0.25, -0.2) is 0 Å². The number of nitrogens with one attached hydrogen (secondary N) is 1. The second-order valence-corrected chi connectivity index (χ2v) is 4.96. The van der Waals surface area contributed by atoms with Crippen LogP contribution in [0.1, 0.15) is 43.5 Å². The Balaban J connectivity index is 1.98. The first-order valence-electron chi connectivity index (χ1n) is 6.66. The van der Waals surface area contributed by atoms with Gasteiger partial charge in [-0.15, -0.1) is 0 Å². The average Bonchev–Trinajstić information content (AvgIpc) is 2.90. The van der Waals surface area contributed by atoms with E-state index in [-0.39, 0.29) is 18.2 Å². The lowest BCUT2D eigenvalue weighted by Gasteiger charge is -2.03. The molecule has 6 heteroatoms. The molecule has 1 heterocycles. The molecule has 2 rings (SSSR count). The molecule has 2 aromatic rings. The van der Waals surface area contributed by atoms with Gasteiger partial charge < -0.3 is 9.84 Å². The zero-order valence-electron chi connectivity index (χ0n) is 12.0. The Morgan fingerprint density at radius 1 is 1.38 bits per heavy atom. The van der Waals surface area contributed by atoms with E-state index in [1.54, 1.807) is 18.2 Å². The highest BCUT2D eigenvalue weighted by Gasteiger charge is 2.10. The van der Waals surface area contributed by atoms with E-state index in [0.29, 0.717) is 23.8 Å². The summed E-state index contributed by atoms with van der Waals surface area (Å²) in [6, 6.07) is 9.14. The molecule has 21 heavy (non-hydrogen) atoms. The van der Waals surface area contributed by atoms with Crippen LogP contribution in [0.3, 0.4) is 0 Å². The lowest BCUT2D eigenvalue weighted by atomic mass is 10.1. The number of benzene rings is 1. The number of amides is 1. The first kappa shape index (κ1) is 14.7. The number of hydrogen-bond acceptors (Lipinski definition) is 5. The zero-order chi connectivity index (χ0) is 15.2. The largest absolute Gasteiger partial charge is 0.339 e. The highest BCUT2D eigenvalue weighted by Crippen LogP contribution is 2.15. The highest BCUT2D eigenvalue weighted by atomic mass is 16.5. The fourth-order valence-electron chi connectivity index (χ4n) is 1.74. The maximum Gasteiger partial charge on any atom is 0.238 e. The quantitative estimate of drug-likeness (QED) is 0.911. The number of rotatable bonds is 5. The maximum absolute atomic E-state index is 11.3. The SMILES string of the molecule is CC(C)c1nc(Cc2ccc(NC(=O)CC#N)cc2)no1. The third-order valence-corrected chi connectivity index (χ3v) is 2.82. The average molecular weight is 284 g/mol. The van der Waals surface area contributed by atoms with Gasteiger partial charge in [-0.1, -0.05) is 31.1 Å². The molecular weight excluding hydrogens is 268 g/mol. The lowest BCUT2D eigenvalue weighted by Crippen LogP contribution is -2.09. The minimum absolute atomic E-state index is 0.150. The standard InChI is InChI=1S/C15H16N4O2/c1-10(2)15-18-13(19-21-15)9-11-3-5-12(6-4-11)17-14(20)7-8-16/h3-6,10H,7,9H2,1-2H3,(H,17,20). The van der Waals surface area contributed by atoms with Gasteiger partial charge in [0.05, 0.1) is 6.07 Å². The zero-order valence-corrected chi connectivity index (χ0v) is 12.0. The molecule has 0 saturated carbocycles. The third-order valence-electron chi connectivity index (χ3n) is 2.82. The van der Waals surface area contributed by atoms with Crippen molar-refractivity contribution in [3.8, 4) is 6.07 Å².